The number of nitrogens with two attached hydrogens (primary N) is 1. The molecule has 168 valence electrons. The number of anilines is 1. The molecule has 4 saturated carbocycles. The number of hydrogen-bond acceptors (Lipinski definition) is 4. The third-order valence-electron chi connectivity index (χ3n) is 7.91. The highest BCUT2D eigenvalue weighted by molar-refractivity contribution is 6.05. The molecule has 0 spiro atoms. The van der Waals surface area contributed by atoms with Crippen molar-refractivity contribution in [2.45, 2.75) is 50.4 Å². The predicted octanol–water partition coefficient (Wildman–Crippen LogP) is 4.95. The fraction of sp³-hybridized carbons (Fsp3) is 0.481. The smallest absolute Gasteiger partial charge is 0.255 e. The van der Waals surface area contributed by atoms with E-state index in [0.29, 0.717) is 29.8 Å². The second kappa shape index (κ2) is 8.36. The van der Waals surface area contributed by atoms with E-state index >= 15 is 0 Å². The SMILES string of the molecule is COc1ccc(C(=O)Nc2ccc(C(=O)CCN)cc2)cc1C12CC3CC(CC(C3)C1)C2. The molecule has 0 atom stereocenters. The topological polar surface area (TPSA) is 81.4 Å². The molecule has 4 aliphatic rings. The Morgan fingerprint density at radius 1 is 0.969 bits per heavy atom. The van der Waals surface area contributed by atoms with E-state index in [1.54, 1.807) is 31.4 Å². The summed E-state index contributed by atoms with van der Waals surface area (Å²) in [7, 11) is 1.73. The van der Waals surface area contributed by atoms with E-state index in [1.807, 2.05) is 12.1 Å². The molecule has 4 bridgehead atoms. The van der Waals surface area contributed by atoms with Crippen LogP contribution in [0.5, 0.6) is 5.75 Å². The zero-order chi connectivity index (χ0) is 22.3. The van der Waals surface area contributed by atoms with Crippen molar-refractivity contribution in [1.82, 2.24) is 0 Å². The molecular weight excluding hydrogens is 400 g/mol. The maximum Gasteiger partial charge on any atom is 0.255 e. The highest BCUT2D eigenvalue weighted by Crippen LogP contribution is 2.61. The molecule has 32 heavy (non-hydrogen) atoms. The largest absolute Gasteiger partial charge is 0.496 e. The molecule has 4 aliphatic carbocycles. The quantitative estimate of drug-likeness (QED) is 0.607. The third kappa shape index (κ3) is 3.83. The molecule has 3 N–H and O–H groups in total. The first kappa shape index (κ1) is 21.2. The van der Waals surface area contributed by atoms with Crippen LogP contribution in [-0.4, -0.2) is 25.3 Å². The monoisotopic (exact) mass is 432 g/mol. The Hall–Kier alpha value is -2.66. The van der Waals surface area contributed by atoms with Gasteiger partial charge in [0, 0.05) is 28.8 Å². The standard InChI is InChI=1S/C27H32N2O3/c1-32-25-7-4-21(26(31)29-22-5-2-20(3-6-22)24(30)8-9-28)13-23(25)27-14-17-10-18(15-27)12-19(11-17)16-27/h2-7,13,17-19H,8-12,14-16,28H2,1H3,(H,29,31). The fourth-order valence-electron chi connectivity index (χ4n) is 6.92. The minimum absolute atomic E-state index is 0.0146. The zero-order valence-corrected chi connectivity index (χ0v) is 18.7. The van der Waals surface area contributed by atoms with Crippen molar-refractivity contribution >= 4 is 17.4 Å². The lowest BCUT2D eigenvalue weighted by Gasteiger charge is -2.57. The Kier molecular flexibility index (Phi) is 5.54. The van der Waals surface area contributed by atoms with Gasteiger partial charge >= 0.3 is 0 Å². The van der Waals surface area contributed by atoms with Gasteiger partial charge in [-0.3, -0.25) is 9.59 Å². The van der Waals surface area contributed by atoms with E-state index in [1.165, 1.54) is 44.1 Å². The van der Waals surface area contributed by atoms with Crippen LogP contribution in [0.3, 0.4) is 0 Å². The van der Waals surface area contributed by atoms with Gasteiger partial charge in [0.1, 0.15) is 5.75 Å². The van der Waals surface area contributed by atoms with Crippen molar-refractivity contribution in [2.24, 2.45) is 23.5 Å². The van der Waals surface area contributed by atoms with Crippen LogP contribution in [0.4, 0.5) is 5.69 Å². The van der Waals surface area contributed by atoms with Crippen LogP contribution in [0, 0.1) is 17.8 Å². The van der Waals surface area contributed by atoms with Crippen LogP contribution >= 0.6 is 0 Å². The summed E-state index contributed by atoms with van der Waals surface area (Å²) in [6.45, 7) is 0.334. The highest BCUT2D eigenvalue weighted by atomic mass is 16.5. The Balaban J connectivity index is 1.38. The van der Waals surface area contributed by atoms with Crippen LogP contribution in [0.1, 0.15) is 71.2 Å². The second-order valence-electron chi connectivity index (χ2n) is 10.1. The van der Waals surface area contributed by atoms with Gasteiger partial charge in [-0.2, -0.15) is 0 Å². The minimum atomic E-state index is -0.139. The number of amides is 1. The second-order valence-corrected chi connectivity index (χ2v) is 10.1. The minimum Gasteiger partial charge on any atom is -0.496 e. The van der Waals surface area contributed by atoms with Crippen LogP contribution in [0.15, 0.2) is 42.5 Å². The molecule has 0 radical (unpaired) electrons. The molecule has 4 fully saturated rings. The summed E-state index contributed by atoms with van der Waals surface area (Å²) in [5.74, 6) is 3.25. The summed E-state index contributed by atoms with van der Waals surface area (Å²) in [6, 6.07) is 12.9. The number of benzene rings is 2. The number of hydrogen-bond donors (Lipinski definition) is 2. The van der Waals surface area contributed by atoms with Gasteiger partial charge in [-0.05, 0) is 111 Å². The van der Waals surface area contributed by atoms with E-state index < -0.39 is 0 Å². The van der Waals surface area contributed by atoms with Crippen molar-refractivity contribution in [1.29, 1.82) is 0 Å². The average Bonchev–Trinajstić information content (AvgIpc) is 2.78. The molecule has 0 saturated heterocycles. The summed E-state index contributed by atoms with van der Waals surface area (Å²) in [5.41, 5.74) is 8.78. The summed E-state index contributed by atoms with van der Waals surface area (Å²) in [6.07, 6.45) is 8.13. The molecule has 0 heterocycles. The molecule has 0 aliphatic heterocycles. The molecule has 0 aromatic heterocycles. The van der Waals surface area contributed by atoms with Crippen LogP contribution in [0.25, 0.3) is 0 Å². The van der Waals surface area contributed by atoms with Gasteiger partial charge in [-0.25, -0.2) is 0 Å². The maximum atomic E-state index is 13.1. The number of Topliss-reactive ketones (excluding diaryl/α,β-unsaturated/α-hetero) is 1. The van der Waals surface area contributed by atoms with Crippen molar-refractivity contribution in [3.8, 4) is 5.75 Å². The fourth-order valence-corrected chi connectivity index (χ4v) is 6.92. The number of nitrogens with one attached hydrogen (secondary N) is 1. The van der Waals surface area contributed by atoms with Crippen molar-refractivity contribution in [3.05, 3.63) is 59.2 Å². The third-order valence-corrected chi connectivity index (χ3v) is 7.91. The maximum absolute atomic E-state index is 13.1. The van der Waals surface area contributed by atoms with E-state index in [4.69, 9.17) is 10.5 Å². The Labute approximate surface area is 189 Å². The van der Waals surface area contributed by atoms with Crippen LogP contribution in [-0.2, 0) is 5.41 Å². The highest BCUT2D eigenvalue weighted by Gasteiger charge is 2.52. The number of ketones is 1. The normalized spacial score (nSPS) is 27.9. The first-order valence-corrected chi connectivity index (χ1v) is 11.8. The summed E-state index contributed by atoms with van der Waals surface area (Å²) in [5, 5.41) is 2.98. The lowest BCUT2D eigenvalue weighted by Crippen LogP contribution is -2.48. The number of carbonyl (C=O) groups excluding carboxylic acids is 2. The number of rotatable bonds is 7. The summed E-state index contributed by atoms with van der Waals surface area (Å²) < 4.78 is 5.77. The van der Waals surface area contributed by atoms with Gasteiger partial charge in [0.15, 0.2) is 5.78 Å². The molecule has 1 amide bonds. The van der Waals surface area contributed by atoms with Gasteiger partial charge in [0.25, 0.3) is 5.91 Å². The van der Waals surface area contributed by atoms with E-state index in [9.17, 15) is 9.59 Å². The van der Waals surface area contributed by atoms with Gasteiger partial charge in [0.2, 0.25) is 0 Å². The van der Waals surface area contributed by atoms with Crippen LogP contribution < -0.4 is 15.8 Å². The van der Waals surface area contributed by atoms with Crippen molar-refractivity contribution < 1.29 is 14.3 Å². The number of methoxy groups -OCH3 is 1. The molecule has 6 rings (SSSR count). The lowest BCUT2D eigenvalue weighted by atomic mass is 9.48. The van der Waals surface area contributed by atoms with Gasteiger partial charge in [0.05, 0.1) is 7.11 Å². The zero-order valence-electron chi connectivity index (χ0n) is 18.7. The van der Waals surface area contributed by atoms with Crippen molar-refractivity contribution in [3.63, 3.8) is 0 Å². The van der Waals surface area contributed by atoms with Crippen molar-refractivity contribution in [2.75, 3.05) is 19.0 Å². The Bertz CT molecular complexity index is 992. The molecular formula is C27H32N2O3. The van der Waals surface area contributed by atoms with Crippen LogP contribution in [0.2, 0.25) is 0 Å². The molecule has 0 unspecified atom stereocenters. The Morgan fingerprint density at radius 2 is 1.56 bits per heavy atom. The van der Waals surface area contributed by atoms with E-state index in [-0.39, 0.29) is 17.1 Å². The van der Waals surface area contributed by atoms with Gasteiger partial charge in [-0.15, -0.1) is 0 Å². The molecule has 2 aromatic rings. The summed E-state index contributed by atoms with van der Waals surface area (Å²) in [4.78, 5) is 25.1. The average molecular weight is 433 g/mol. The van der Waals surface area contributed by atoms with E-state index in [0.717, 1.165) is 23.5 Å². The van der Waals surface area contributed by atoms with Gasteiger partial charge in [-0.1, -0.05) is 0 Å². The number of carbonyl (C=O) groups is 2. The molecule has 5 heteroatoms. The first-order chi connectivity index (χ1) is 15.5. The molecule has 5 nitrogen and oxygen atoms in total. The summed E-state index contributed by atoms with van der Waals surface area (Å²) >= 11 is 0. The first-order valence-electron chi connectivity index (χ1n) is 11.8. The van der Waals surface area contributed by atoms with E-state index in [2.05, 4.69) is 11.4 Å². The lowest BCUT2D eigenvalue weighted by molar-refractivity contribution is -0.00617. The predicted molar refractivity (Wildman–Crippen MR) is 125 cm³/mol. The molecule has 2 aromatic carbocycles. The number of ether oxygens (including phenoxy) is 1. The van der Waals surface area contributed by atoms with Gasteiger partial charge < -0.3 is 15.8 Å². The Morgan fingerprint density at radius 3 is 2.12 bits per heavy atom.